The summed E-state index contributed by atoms with van der Waals surface area (Å²) in [6.07, 6.45) is 1.10. The first-order chi connectivity index (χ1) is 12.4. The second kappa shape index (κ2) is 7.55. The smallest absolute Gasteiger partial charge is 0.353 e. The number of hydrogen-bond acceptors (Lipinski definition) is 7. The van der Waals surface area contributed by atoms with Gasteiger partial charge in [-0.05, 0) is 23.8 Å². The van der Waals surface area contributed by atoms with E-state index in [4.69, 9.17) is 5.73 Å². The molecule has 1 aromatic heterocycles. The predicted octanol–water partition coefficient (Wildman–Crippen LogP) is 3.06. The molecule has 8 heteroatoms. The quantitative estimate of drug-likeness (QED) is 0.625. The topological polar surface area (TPSA) is 110 Å². The zero-order valence-electron chi connectivity index (χ0n) is 15.1. The molecule has 0 spiro atoms. The van der Waals surface area contributed by atoms with Crippen LogP contribution in [0.15, 0.2) is 30.3 Å². The van der Waals surface area contributed by atoms with E-state index in [0.29, 0.717) is 30.1 Å². The molecule has 0 bridgehead atoms. The molecule has 138 valence electrons. The molecule has 0 amide bonds. The summed E-state index contributed by atoms with van der Waals surface area (Å²) in [5.41, 5.74) is 6.76. The van der Waals surface area contributed by atoms with E-state index in [-0.39, 0.29) is 11.5 Å². The van der Waals surface area contributed by atoms with E-state index in [1.54, 1.807) is 0 Å². The number of nitrogens with one attached hydrogen (secondary N) is 1. The van der Waals surface area contributed by atoms with Crippen molar-refractivity contribution in [3.8, 4) is 0 Å². The van der Waals surface area contributed by atoms with E-state index in [2.05, 4.69) is 29.1 Å². The van der Waals surface area contributed by atoms with Crippen LogP contribution >= 0.6 is 0 Å². The average molecular weight is 356 g/mol. The van der Waals surface area contributed by atoms with Gasteiger partial charge in [-0.3, -0.25) is 10.1 Å². The number of rotatable bonds is 5. The summed E-state index contributed by atoms with van der Waals surface area (Å²) in [5.74, 6) is 1.38. The lowest BCUT2D eigenvalue weighted by Crippen LogP contribution is -2.39. The van der Waals surface area contributed by atoms with E-state index in [0.717, 1.165) is 25.1 Å². The van der Waals surface area contributed by atoms with Crippen LogP contribution in [-0.2, 0) is 6.54 Å². The monoisotopic (exact) mass is 356 g/mol. The first-order valence-corrected chi connectivity index (χ1v) is 8.78. The van der Waals surface area contributed by atoms with E-state index in [1.165, 1.54) is 0 Å². The molecule has 0 aliphatic carbocycles. The zero-order valence-corrected chi connectivity index (χ0v) is 15.1. The van der Waals surface area contributed by atoms with Gasteiger partial charge in [-0.25, -0.2) is 0 Å². The van der Waals surface area contributed by atoms with Crippen molar-refractivity contribution in [3.63, 3.8) is 0 Å². The lowest BCUT2D eigenvalue weighted by molar-refractivity contribution is -0.383. The molecule has 2 atom stereocenters. The summed E-state index contributed by atoms with van der Waals surface area (Å²) < 4.78 is 0. The first kappa shape index (κ1) is 17.9. The van der Waals surface area contributed by atoms with Gasteiger partial charge < -0.3 is 16.0 Å². The van der Waals surface area contributed by atoms with Crippen molar-refractivity contribution in [1.29, 1.82) is 0 Å². The van der Waals surface area contributed by atoms with Crippen LogP contribution in [0.2, 0.25) is 0 Å². The number of anilines is 3. The largest absolute Gasteiger partial charge is 0.378 e. The minimum atomic E-state index is -0.490. The Labute approximate surface area is 152 Å². The molecular formula is C18H24N6O2. The molecule has 1 aromatic carbocycles. The third kappa shape index (κ3) is 4.01. The van der Waals surface area contributed by atoms with E-state index in [1.807, 2.05) is 35.2 Å². The summed E-state index contributed by atoms with van der Waals surface area (Å²) in [6.45, 7) is 6.26. The Hall–Kier alpha value is -2.90. The number of nitrogen functional groups attached to an aromatic ring is 1. The molecule has 1 fully saturated rings. The molecule has 0 saturated carbocycles. The van der Waals surface area contributed by atoms with Gasteiger partial charge in [-0.2, -0.15) is 9.97 Å². The maximum Gasteiger partial charge on any atom is 0.353 e. The number of benzene rings is 1. The number of nitrogens with zero attached hydrogens (tertiary/aromatic N) is 4. The minimum absolute atomic E-state index is 0.110. The Morgan fingerprint density at radius 2 is 1.88 bits per heavy atom. The third-order valence-corrected chi connectivity index (χ3v) is 4.54. The van der Waals surface area contributed by atoms with Crippen molar-refractivity contribution in [2.75, 3.05) is 29.0 Å². The fourth-order valence-electron chi connectivity index (χ4n) is 3.55. The molecule has 3 rings (SSSR count). The maximum atomic E-state index is 11.5. The fourth-order valence-corrected chi connectivity index (χ4v) is 3.55. The molecule has 1 aliphatic heterocycles. The number of piperidine rings is 1. The van der Waals surface area contributed by atoms with Gasteiger partial charge in [0.1, 0.15) is 0 Å². The van der Waals surface area contributed by atoms with Crippen LogP contribution < -0.4 is 16.0 Å². The first-order valence-electron chi connectivity index (χ1n) is 8.78. The lowest BCUT2D eigenvalue weighted by atomic mass is 9.92. The SMILES string of the molecule is C[C@@H]1C[C@@H](C)CN(c2nc(NCc3ccccc3)nc(N)c2[N+](=O)[O-])C1. The molecule has 2 heterocycles. The Bertz CT molecular complexity index is 773. The minimum Gasteiger partial charge on any atom is -0.378 e. The second-order valence-corrected chi connectivity index (χ2v) is 7.05. The molecule has 2 aromatic rings. The van der Waals surface area contributed by atoms with Crippen LogP contribution in [0.1, 0.15) is 25.8 Å². The van der Waals surface area contributed by atoms with E-state index >= 15 is 0 Å². The van der Waals surface area contributed by atoms with Crippen molar-refractivity contribution < 1.29 is 4.92 Å². The highest BCUT2D eigenvalue weighted by molar-refractivity contribution is 5.71. The molecule has 8 nitrogen and oxygen atoms in total. The summed E-state index contributed by atoms with van der Waals surface area (Å²) in [6, 6.07) is 9.81. The lowest BCUT2D eigenvalue weighted by Gasteiger charge is -2.35. The highest BCUT2D eigenvalue weighted by atomic mass is 16.6. The Balaban J connectivity index is 1.90. The highest BCUT2D eigenvalue weighted by Gasteiger charge is 2.31. The van der Waals surface area contributed by atoms with E-state index < -0.39 is 4.92 Å². The van der Waals surface area contributed by atoms with Crippen molar-refractivity contribution in [3.05, 3.63) is 46.0 Å². The van der Waals surface area contributed by atoms with Crippen molar-refractivity contribution >= 4 is 23.3 Å². The third-order valence-electron chi connectivity index (χ3n) is 4.54. The van der Waals surface area contributed by atoms with E-state index in [9.17, 15) is 10.1 Å². The molecule has 1 aliphatic rings. The van der Waals surface area contributed by atoms with Gasteiger partial charge in [0.25, 0.3) is 0 Å². The van der Waals surface area contributed by atoms with Gasteiger partial charge in [-0.15, -0.1) is 0 Å². The zero-order chi connectivity index (χ0) is 18.7. The van der Waals surface area contributed by atoms with Gasteiger partial charge in [0, 0.05) is 19.6 Å². The fraction of sp³-hybridized carbons (Fsp3) is 0.444. The molecule has 0 unspecified atom stereocenters. The van der Waals surface area contributed by atoms with Crippen LogP contribution in [0, 0.1) is 22.0 Å². The Morgan fingerprint density at radius 1 is 1.23 bits per heavy atom. The Kier molecular flexibility index (Phi) is 5.20. The summed E-state index contributed by atoms with van der Waals surface area (Å²) >= 11 is 0. The number of hydrogen-bond donors (Lipinski definition) is 2. The van der Waals surface area contributed by atoms with Crippen molar-refractivity contribution in [2.24, 2.45) is 11.8 Å². The molecular weight excluding hydrogens is 332 g/mol. The van der Waals surface area contributed by atoms with Gasteiger partial charge in [0.2, 0.25) is 17.6 Å². The number of aromatic nitrogens is 2. The normalized spacial score (nSPS) is 20.0. The van der Waals surface area contributed by atoms with Crippen LogP contribution in [0.4, 0.5) is 23.3 Å². The van der Waals surface area contributed by atoms with Crippen molar-refractivity contribution in [1.82, 2.24) is 9.97 Å². The maximum absolute atomic E-state index is 11.5. The molecule has 1 saturated heterocycles. The van der Waals surface area contributed by atoms with Gasteiger partial charge in [0.15, 0.2) is 0 Å². The van der Waals surface area contributed by atoms with Gasteiger partial charge >= 0.3 is 5.69 Å². The second-order valence-electron chi connectivity index (χ2n) is 7.05. The average Bonchev–Trinajstić information content (AvgIpc) is 2.59. The highest BCUT2D eigenvalue weighted by Crippen LogP contribution is 2.35. The summed E-state index contributed by atoms with van der Waals surface area (Å²) in [7, 11) is 0. The van der Waals surface area contributed by atoms with Crippen LogP contribution in [0.3, 0.4) is 0 Å². The molecule has 0 radical (unpaired) electrons. The van der Waals surface area contributed by atoms with Gasteiger partial charge in [0.05, 0.1) is 4.92 Å². The van der Waals surface area contributed by atoms with Crippen LogP contribution in [0.25, 0.3) is 0 Å². The predicted molar refractivity (Wildman–Crippen MR) is 102 cm³/mol. The van der Waals surface area contributed by atoms with Gasteiger partial charge in [-0.1, -0.05) is 44.2 Å². The van der Waals surface area contributed by atoms with Crippen LogP contribution in [-0.4, -0.2) is 28.0 Å². The summed E-state index contributed by atoms with van der Waals surface area (Å²) in [5, 5.41) is 14.7. The standard InChI is InChI=1S/C18H24N6O2/c1-12-8-13(2)11-23(10-12)17-15(24(25)26)16(19)21-18(22-17)20-9-14-6-4-3-5-7-14/h3-7,12-13H,8-11H2,1-2H3,(H3,19,20,21,22)/t12-,13-/m1/s1. The number of nitro groups is 1. The number of nitrogens with two attached hydrogens (primary N) is 1. The molecule has 26 heavy (non-hydrogen) atoms. The summed E-state index contributed by atoms with van der Waals surface area (Å²) in [4.78, 5) is 21.5. The van der Waals surface area contributed by atoms with Crippen LogP contribution in [0.5, 0.6) is 0 Å². The molecule has 3 N–H and O–H groups in total. The Morgan fingerprint density at radius 3 is 2.50 bits per heavy atom. The van der Waals surface area contributed by atoms with Crippen molar-refractivity contribution in [2.45, 2.75) is 26.8 Å².